The molecule has 12 aromatic rings. The molecule has 0 atom stereocenters. The van der Waals surface area contributed by atoms with Crippen molar-refractivity contribution in [3.8, 4) is 0 Å². The molecule has 0 saturated heterocycles. The molecule has 104 heavy (non-hydrogen) atoms. The van der Waals surface area contributed by atoms with Gasteiger partial charge in [-0.1, -0.05) is 83.1 Å². The number of pyridine rings is 12. The van der Waals surface area contributed by atoms with Gasteiger partial charge in [0.15, 0.2) is 5.65 Å². The van der Waals surface area contributed by atoms with Gasteiger partial charge in [-0.15, -0.1) is 0 Å². The summed E-state index contributed by atoms with van der Waals surface area (Å²) in [5.41, 5.74) is 15.2. The van der Waals surface area contributed by atoms with Gasteiger partial charge >= 0.3 is 0 Å². The Bertz CT molecular complexity index is 4240. The van der Waals surface area contributed by atoms with Crippen LogP contribution < -0.4 is 31.9 Å². The van der Waals surface area contributed by atoms with Crippen LogP contribution in [-0.2, 0) is 0 Å². The van der Waals surface area contributed by atoms with Crippen molar-refractivity contribution in [1.82, 2.24) is 59.8 Å². The van der Waals surface area contributed by atoms with E-state index < -0.39 is 0 Å². The lowest BCUT2D eigenvalue weighted by Gasteiger charge is -2.17. The highest BCUT2D eigenvalue weighted by atomic mass is 15.0. The van der Waals surface area contributed by atoms with Crippen LogP contribution in [0, 0.1) is 13.8 Å². The van der Waals surface area contributed by atoms with Gasteiger partial charge in [0.2, 0.25) is 0 Å². The van der Waals surface area contributed by atoms with Crippen LogP contribution in [0.1, 0.15) is 247 Å². The predicted octanol–water partition coefficient (Wildman–Crippen LogP) is 22.1. The molecule has 12 rings (SSSR count). The van der Waals surface area contributed by atoms with Crippen molar-refractivity contribution in [2.45, 2.75) is 252 Å². The summed E-state index contributed by atoms with van der Waals surface area (Å²) in [7, 11) is 0. The number of aromatic nitrogens is 12. The highest BCUT2D eigenvalue weighted by Crippen LogP contribution is 2.34. The number of anilines is 6. The van der Waals surface area contributed by atoms with Crippen LogP contribution in [0.5, 0.6) is 0 Å². The van der Waals surface area contributed by atoms with Crippen LogP contribution in [0.4, 0.5) is 34.6 Å². The molecule has 552 valence electrons. The number of nitrogens with one attached hydrogen (secondary N) is 6. The first kappa shape index (κ1) is 81.5. The highest BCUT2D eigenvalue weighted by molar-refractivity contribution is 5.96. The van der Waals surface area contributed by atoms with Crippen molar-refractivity contribution in [3.63, 3.8) is 0 Å². The third kappa shape index (κ3) is 22.6. The quantitative estimate of drug-likeness (QED) is 0.0469. The molecule has 0 radical (unpaired) electrons. The van der Waals surface area contributed by atoms with Gasteiger partial charge in [0.25, 0.3) is 0 Å². The largest absolute Gasteiger partial charge is 0.382 e. The summed E-state index contributed by atoms with van der Waals surface area (Å²) in [6, 6.07) is 28.9. The number of aryl methyl sites for hydroxylation is 2. The van der Waals surface area contributed by atoms with Crippen molar-refractivity contribution >= 4 is 99.9 Å². The van der Waals surface area contributed by atoms with Gasteiger partial charge in [-0.25, -0.2) is 29.9 Å². The zero-order valence-electron chi connectivity index (χ0n) is 67.0. The first-order valence-corrected chi connectivity index (χ1v) is 37.4. The monoisotopic (exact) mass is 1400 g/mol. The number of hydrogen-bond donors (Lipinski definition) is 6. The van der Waals surface area contributed by atoms with Crippen molar-refractivity contribution in [3.05, 3.63) is 180 Å². The summed E-state index contributed by atoms with van der Waals surface area (Å²) in [5.74, 6) is 6.31. The molecule has 12 heterocycles. The summed E-state index contributed by atoms with van der Waals surface area (Å²) in [6.45, 7) is 55.7. The van der Waals surface area contributed by atoms with Gasteiger partial charge in [0.05, 0.1) is 28.4 Å². The normalized spacial score (nSPS) is 11.4. The van der Waals surface area contributed by atoms with Crippen molar-refractivity contribution in [2.75, 3.05) is 31.9 Å². The average Bonchev–Trinajstić information content (AvgIpc) is 0.775. The van der Waals surface area contributed by atoms with Gasteiger partial charge in [0.1, 0.15) is 23.3 Å². The van der Waals surface area contributed by atoms with E-state index in [1.807, 2.05) is 86.0 Å². The number of hydrogen-bond acceptors (Lipinski definition) is 18. The lowest BCUT2D eigenvalue weighted by molar-refractivity contribution is 0.808. The van der Waals surface area contributed by atoms with Crippen LogP contribution in [0.2, 0.25) is 0 Å². The van der Waals surface area contributed by atoms with E-state index in [2.05, 4.69) is 299 Å². The Kier molecular flexibility index (Phi) is 29.8. The molecular weight excluding hydrogens is 1290 g/mol. The molecule has 0 saturated carbocycles. The molecule has 0 bridgehead atoms. The number of nitrogens with zero attached hydrogens (tertiary/aromatic N) is 12. The Morgan fingerprint density at radius 1 is 0.279 bits per heavy atom. The summed E-state index contributed by atoms with van der Waals surface area (Å²) >= 11 is 0. The fourth-order valence-electron chi connectivity index (χ4n) is 11.7. The predicted molar refractivity (Wildman–Crippen MR) is 444 cm³/mol. The summed E-state index contributed by atoms with van der Waals surface area (Å²) in [4.78, 5) is 54.0. The maximum Gasteiger partial charge on any atom is 0.161 e. The SMILES string of the molecule is CC(C)Nc1cc(C(C)C)nc2cnccc12.CC(C)Nc1cc(C(C)C)nc2ncccc12.CC(C)Nc1nc(C(C)C)cc2cnccc12.CC(C)Nc1nc(C(C)C)cc2ncccc12.Cc1c(C(C)C)nc(NC(C)C)c2cccnc12.Cc1c(C(C)C)nc(NC(C)C)c2ccncc12. The standard InChI is InChI=1S/2C15H21N3.4C14H19N3/c1-9(2)14-11(5)13-8-16-7-6-12(13)15(18-14)17-10(3)4;1-9(2)13-11(5)14-12(7-6-8-16-14)15(18-13)17-10(3)4;1-9(2)13-7-11-8-15-6-5-12(11)14(17-13)16-10(3)4;1-9(2)12-7-13(16-10(3)4)11-5-6-15-8-14(11)17-12;1-9(2)12-8-13(16-10(3)4)11-6-5-7-15-14(11)17-12;1-9(2)12-8-13-11(6-5-7-15-13)14(17-12)16-10(3)4/h2*6-10H,1-5H3,(H,17,18);2*5-10H,1-4H3,(H,16,17);5-10H,1-4H3,(H,15,16,17);5-10H,1-4H3,(H,16,17). The van der Waals surface area contributed by atoms with Gasteiger partial charge in [-0.3, -0.25) is 29.9 Å². The molecule has 0 spiro atoms. The molecule has 0 aliphatic heterocycles. The lowest BCUT2D eigenvalue weighted by atomic mass is 10.00. The molecule has 0 fully saturated rings. The molecule has 0 unspecified atom stereocenters. The maximum atomic E-state index is 4.80. The van der Waals surface area contributed by atoms with Crippen LogP contribution >= 0.6 is 0 Å². The van der Waals surface area contributed by atoms with Gasteiger partial charge in [0, 0.05) is 169 Å². The summed E-state index contributed by atoms with van der Waals surface area (Å²) in [5, 5.41) is 29.6. The minimum atomic E-state index is 0.364. The minimum absolute atomic E-state index is 0.364. The van der Waals surface area contributed by atoms with Gasteiger partial charge < -0.3 is 31.9 Å². The molecule has 0 aliphatic rings. The smallest absolute Gasteiger partial charge is 0.161 e. The molecule has 0 aromatic carbocycles. The molecule has 0 aliphatic carbocycles. The van der Waals surface area contributed by atoms with E-state index in [4.69, 9.17) is 15.0 Å². The molecule has 18 heteroatoms. The second-order valence-corrected chi connectivity index (χ2v) is 30.4. The Hall–Kier alpha value is -9.84. The average molecular weight is 1400 g/mol. The fraction of sp³-hybridized carbons (Fsp3) is 0.442. The molecule has 18 nitrogen and oxygen atoms in total. The summed E-state index contributed by atoms with van der Waals surface area (Å²) in [6.07, 6.45) is 16.6. The van der Waals surface area contributed by atoms with Gasteiger partial charge in [-0.05, 0) is 222 Å². The third-order valence-electron chi connectivity index (χ3n) is 16.7. The van der Waals surface area contributed by atoms with Crippen LogP contribution in [-0.4, -0.2) is 96.1 Å². The third-order valence-corrected chi connectivity index (χ3v) is 16.7. The lowest BCUT2D eigenvalue weighted by Crippen LogP contribution is -2.13. The van der Waals surface area contributed by atoms with Gasteiger partial charge in [-0.2, -0.15) is 0 Å². The molecule has 0 amide bonds. The summed E-state index contributed by atoms with van der Waals surface area (Å²) < 4.78 is 0. The Morgan fingerprint density at radius 2 is 0.683 bits per heavy atom. The molecule has 6 N–H and O–H groups in total. The van der Waals surface area contributed by atoms with Crippen molar-refractivity contribution in [2.24, 2.45) is 0 Å². The van der Waals surface area contributed by atoms with Crippen LogP contribution in [0.15, 0.2) is 135 Å². The zero-order valence-corrected chi connectivity index (χ0v) is 67.0. The van der Waals surface area contributed by atoms with Crippen molar-refractivity contribution in [1.29, 1.82) is 0 Å². The Labute approximate surface area is 620 Å². The van der Waals surface area contributed by atoms with E-state index in [1.54, 1.807) is 6.20 Å². The van der Waals surface area contributed by atoms with Crippen molar-refractivity contribution < 1.29 is 0 Å². The molecular formula is C86H118N18. The minimum Gasteiger partial charge on any atom is -0.382 e. The fourth-order valence-corrected chi connectivity index (χ4v) is 11.7. The number of rotatable bonds is 18. The van der Waals surface area contributed by atoms with Crippen LogP contribution in [0.3, 0.4) is 0 Å². The first-order chi connectivity index (χ1) is 49.3. The maximum absolute atomic E-state index is 4.80. The Morgan fingerprint density at radius 3 is 1.21 bits per heavy atom. The molecule has 12 aromatic heterocycles. The topological polar surface area (TPSA) is 227 Å². The number of fused-ring (bicyclic) bond motifs is 6. The van der Waals surface area contributed by atoms with Crippen LogP contribution in [0.25, 0.3) is 65.3 Å². The van der Waals surface area contributed by atoms with E-state index in [0.717, 1.165) is 129 Å². The van der Waals surface area contributed by atoms with E-state index >= 15 is 0 Å². The highest BCUT2D eigenvalue weighted by Gasteiger charge is 2.18. The van der Waals surface area contributed by atoms with E-state index in [0.29, 0.717) is 71.8 Å². The Balaban J connectivity index is 0.000000175. The second-order valence-electron chi connectivity index (χ2n) is 30.4. The van der Waals surface area contributed by atoms with E-state index in [1.165, 1.54) is 16.5 Å². The first-order valence-electron chi connectivity index (χ1n) is 37.4. The second kappa shape index (κ2) is 38.1. The van der Waals surface area contributed by atoms with E-state index in [9.17, 15) is 0 Å². The van der Waals surface area contributed by atoms with E-state index in [-0.39, 0.29) is 0 Å². The zero-order chi connectivity index (χ0) is 76.2.